The van der Waals surface area contributed by atoms with Crippen LogP contribution >= 0.6 is 0 Å². The predicted octanol–water partition coefficient (Wildman–Crippen LogP) is 4.33. The van der Waals surface area contributed by atoms with Gasteiger partial charge in [0, 0.05) is 23.9 Å². The molecule has 2 heterocycles. The Labute approximate surface area is 139 Å². The van der Waals surface area contributed by atoms with Crippen molar-refractivity contribution in [1.82, 2.24) is 5.16 Å². The Morgan fingerprint density at radius 1 is 1.08 bits per heavy atom. The summed E-state index contributed by atoms with van der Waals surface area (Å²) in [5, 5.41) is 6.77. The summed E-state index contributed by atoms with van der Waals surface area (Å²) in [6.07, 6.45) is 1.96. The van der Waals surface area contributed by atoms with Crippen LogP contribution in [-0.2, 0) is 6.42 Å². The number of anilines is 2. The molecule has 0 radical (unpaired) electrons. The minimum Gasteiger partial charge on any atom is -0.354 e. The van der Waals surface area contributed by atoms with Crippen molar-refractivity contribution in [2.45, 2.75) is 12.8 Å². The number of rotatable bonds is 2. The summed E-state index contributed by atoms with van der Waals surface area (Å²) in [7, 11) is 0. The van der Waals surface area contributed by atoms with Gasteiger partial charge in [0.1, 0.15) is 0 Å². The number of para-hydroxylation sites is 1. The van der Waals surface area contributed by atoms with Crippen LogP contribution in [0, 0.1) is 0 Å². The number of carbonyl (C=O) groups is 1. The molecule has 0 saturated carbocycles. The average molecular weight is 319 g/mol. The minimum absolute atomic E-state index is 0.185. The van der Waals surface area contributed by atoms with E-state index in [2.05, 4.69) is 16.5 Å². The Hall–Kier alpha value is -3.08. The van der Waals surface area contributed by atoms with Gasteiger partial charge in [-0.1, -0.05) is 53.7 Å². The average Bonchev–Trinajstić information content (AvgIpc) is 3.10. The van der Waals surface area contributed by atoms with Gasteiger partial charge < -0.3 is 4.52 Å². The number of hydrogen-bond donors (Lipinski definition) is 1. The van der Waals surface area contributed by atoms with Crippen molar-refractivity contribution in [1.29, 1.82) is 0 Å². The summed E-state index contributed by atoms with van der Waals surface area (Å²) in [4.78, 5) is 14.4. The van der Waals surface area contributed by atoms with Crippen molar-refractivity contribution in [2.24, 2.45) is 0 Å². The van der Waals surface area contributed by atoms with Gasteiger partial charge in [-0.15, -0.1) is 0 Å². The van der Waals surface area contributed by atoms with Crippen LogP contribution in [0.15, 0.2) is 65.2 Å². The first kappa shape index (κ1) is 14.5. The fraction of sp³-hybridized carbons (Fsp3) is 0.158. The zero-order valence-electron chi connectivity index (χ0n) is 13.1. The standard InChI is InChI=1S/C19H17N3O2/c23-19(22-12-6-10-14-7-4-5-11-16(14)22)20-18-13-17(24-21-18)15-8-2-1-3-9-15/h1-5,7-9,11,13H,6,10,12H2,(H,20,21,23). The van der Waals surface area contributed by atoms with Gasteiger partial charge in [-0.25, -0.2) is 4.79 Å². The lowest BCUT2D eigenvalue weighted by molar-refractivity contribution is 0.256. The minimum atomic E-state index is -0.185. The lowest BCUT2D eigenvalue weighted by Crippen LogP contribution is -2.38. The molecule has 0 unspecified atom stereocenters. The number of hydrogen-bond acceptors (Lipinski definition) is 3. The third-order valence-corrected chi connectivity index (χ3v) is 4.16. The Kier molecular flexibility index (Phi) is 3.75. The normalized spacial score (nSPS) is 13.4. The van der Waals surface area contributed by atoms with E-state index < -0.39 is 0 Å². The molecule has 3 aromatic rings. The van der Waals surface area contributed by atoms with E-state index in [0.29, 0.717) is 18.1 Å². The van der Waals surface area contributed by atoms with Crippen molar-refractivity contribution >= 4 is 17.5 Å². The summed E-state index contributed by atoms with van der Waals surface area (Å²) >= 11 is 0. The first-order chi connectivity index (χ1) is 11.8. The van der Waals surface area contributed by atoms with Crippen LogP contribution in [0.4, 0.5) is 16.3 Å². The number of nitrogens with zero attached hydrogens (tertiary/aromatic N) is 2. The molecule has 4 rings (SSSR count). The molecule has 1 aromatic heterocycles. The summed E-state index contributed by atoms with van der Waals surface area (Å²) in [6, 6.07) is 19.2. The van der Waals surface area contributed by atoms with Gasteiger partial charge >= 0.3 is 6.03 Å². The van der Waals surface area contributed by atoms with Crippen molar-refractivity contribution in [3.8, 4) is 11.3 Å². The topological polar surface area (TPSA) is 58.4 Å². The van der Waals surface area contributed by atoms with Crippen LogP contribution in [0.1, 0.15) is 12.0 Å². The van der Waals surface area contributed by atoms with Crippen LogP contribution in [0.25, 0.3) is 11.3 Å². The maximum absolute atomic E-state index is 12.6. The van der Waals surface area contributed by atoms with E-state index in [9.17, 15) is 4.79 Å². The van der Waals surface area contributed by atoms with Crippen LogP contribution < -0.4 is 10.2 Å². The smallest absolute Gasteiger partial charge is 0.327 e. The molecule has 5 nitrogen and oxygen atoms in total. The van der Waals surface area contributed by atoms with Crippen molar-refractivity contribution in [3.05, 3.63) is 66.2 Å². The number of aromatic nitrogens is 1. The van der Waals surface area contributed by atoms with E-state index in [4.69, 9.17) is 4.52 Å². The molecule has 0 bridgehead atoms. The number of nitrogens with one attached hydrogen (secondary N) is 1. The molecule has 1 N–H and O–H groups in total. The number of carbonyl (C=O) groups excluding carboxylic acids is 1. The molecule has 1 aliphatic rings. The molecular weight excluding hydrogens is 302 g/mol. The van der Waals surface area contributed by atoms with E-state index in [1.807, 2.05) is 48.5 Å². The summed E-state index contributed by atoms with van der Waals surface area (Å²) < 4.78 is 5.33. The van der Waals surface area contributed by atoms with Crippen LogP contribution in [-0.4, -0.2) is 17.7 Å². The molecule has 0 aliphatic carbocycles. The van der Waals surface area contributed by atoms with E-state index in [1.54, 1.807) is 11.0 Å². The highest BCUT2D eigenvalue weighted by Crippen LogP contribution is 2.28. The van der Waals surface area contributed by atoms with Gasteiger partial charge in [0.05, 0.1) is 0 Å². The first-order valence-corrected chi connectivity index (χ1v) is 8.00. The molecule has 0 saturated heterocycles. The number of amides is 2. The molecule has 24 heavy (non-hydrogen) atoms. The van der Waals surface area contributed by atoms with Gasteiger partial charge in [-0.05, 0) is 24.5 Å². The van der Waals surface area contributed by atoms with Gasteiger partial charge in [0.25, 0.3) is 0 Å². The largest absolute Gasteiger partial charge is 0.354 e. The van der Waals surface area contributed by atoms with Crippen molar-refractivity contribution in [2.75, 3.05) is 16.8 Å². The lowest BCUT2D eigenvalue weighted by atomic mass is 10.0. The first-order valence-electron chi connectivity index (χ1n) is 8.00. The summed E-state index contributed by atoms with van der Waals surface area (Å²) in [5.41, 5.74) is 3.09. The second-order valence-electron chi connectivity index (χ2n) is 5.76. The Balaban J connectivity index is 1.53. The predicted molar refractivity (Wildman–Crippen MR) is 93.1 cm³/mol. The Bertz CT molecular complexity index is 858. The number of urea groups is 1. The van der Waals surface area contributed by atoms with Gasteiger partial charge in [-0.3, -0.25) is 10.2 Å². The van der Waals surface area contributed by atoms with Crippen molar-refractivity contribution < 1.29 is 9.32 Å². The maximum Gasteiger partial charge on any atom is 0.327 e. The molecule has 0 spiro atoms. The number of fused-ring (bicyclic) bond motifs is 1. The zero-order chi connectivity index (χ0) is 16.4. The molecule has 2 amide bonds. The third-order valence-electron chi connectivity index (χ3n) is 4.16. The number of benzene rings is 2. The monoisotopic (exact) mass is 319 g/mol. The summed E-state index contributed by atoms with van der Waals surface area (Å²) in [5.74, 6) is 1.05. The highest BCUT2D eigenvalue weighted by molar-refractivity contribution is 6.02. The van der Waals surface area contributed by atoms with E-state index in [0.717, 1.165) is 24.1 Å². The molecule has 2 aromatic carbocycles. The zero-order valence-corrected chi connectivity index (χ0v) is 13.1. The third kappa shape index (κ3) is 2.76. The van der Waals surface area contributed by atoms with Gasteiger partial charge in [0.15, 0.2) is 11.6 Å². The lowest BCUT2D eigenvalue weighted by Gasteiger charge is -2.29. The second-order valence-corrected chi connectivity index (χ2v) is 5.76. The van der Waals surface area contributed by atoms with Crippen LogP contribution in [0.5, 0.6) is 0 Å². The van der Waals surface area contributed by atoms with Gasteiger partial charge in [0.2, 0.25) is 0 Å². The van der Waals surface area contributed by atoms with E-state index in [1.165, 1.54) is 5.56 Å². The second kappa shape index (κ2) is 6.20. The Morgan fingerprint density at radius 3 is 2.75 bits per heavy atom. The Morgan fingerprint density at radius 2 is 1.88 bits per heavy atom. The quantitative estimate of drug-likeness (QED) is 0.765. The fourth-order valence-electron chi connectivity index (χ4n) is 2.99. The highest BCUT2D eigenvalue weighted by Gasteiger charge is 2.23. The molecular formula is C19H17N3O2. The van der Waals surface area contributed by atoms with Crippen LogP contribution in [0.2, 0.25) is 0 Å². The van der Waals surface area contributed by atoms with Crippen LogP contribution in [0.3, 0.4) is 0 Å². The molecule has 0 fully saturated rings. The summed E-state index contributed by atoms with van der Waals surface area (Å²) in [6.45, 7) is 0.701. The molecule has 120 valence electrons. The molecule has 1 aliphatic heterocycles. The SMILES string of the molecule is O=C(Nc1cc(-c2ccccc2)on1)N1CCCc2ccccc21. The molecule has 0 atom stereocenters. The number of aryl methyl sites for hydroxylation is 1. The highest BCUT2D eigenvalue weighted by atomic mass is 16.5. The van der Waals surface area contributed by atoms with E-state index in [-0.39, 0.29) is 6.03 Å². The fourth-order valence-corrected chi connectivity index (χ4v) is 2.99. The van der Waals surface area contributed by atoms with Gasteiger partial charge in [-0.2, -0.15) is 0 Å². The van der Waals surface area contributed by atoms with Crippen molar-refractivity contribution in [3.63, 3.8) is 0 Å². The molecule has 5 heteroatoms. The van der Waals surface area contributed by atoms with E-state index >= 15 is 0 Å². The maximum atomic E-state index is 12.6.